The van der Waals surface area contributed by atoms with Crippen LogP contribution in [-0.2, 0) is 29.1 Å². The molecule has 3 aromatic carbocycles. The average molecular weight is 501 g/mol. The zero-order chi connectivity index (χ0) is 26.4. The van der Waals surface area contributed by atoms with Crippen molar-refractivity contribution in [1.82, 2.24) is 15.1 Å². The molecular formula is C29H32N4O4. The van der Waals surface area contributed by atoms with E-state index < -0.39 is 12.1 Å². The first kappa shape index (κ1) is 25.9. The van der Waals surface area contributed by atoms with Crippen molar-refractivity contribution in [3.8, 4) is 5.75 Å². The van der Waals surface area contributed by atoms with Gasteiger partial charge >= 0.3 is 0 Å². The Labute approximate surface area is 217 Å². The molecule has 8 heteroatoms. The van der Waals surface area contributed by atoms with Gasteiger partial charge < -0.3 is 25.6 Å². The van der Waals surface area contributed by atoms with Crippen LogP contribution in [0.15, 0.2) is 72.8 Å². The molecule has 1 saturated heterocycles. The number of methoxy groups -OCH3 is 1. The molecule has 4 rings (SSSR count). The van der Waals surface area contributed by atoms with Gasteiger partial charge in [-0.25, -0.2) is 0 Å². The van der Waals surface area contributed by atoms with Crippen molar-refractivity contribution in [2.45, 2.75) is 32.6 Å². The maximum atomic E-state index is 13.5. The largest absolute Gasteiger partial charge is 0.497 e. The number of hydrogen-bond acceptors (Lipinski definition) is 5. The summed E-state index contributed by atoms with van der Waals surface area (Å²) in [5, 5.41) is 2.92. The first-order valence-electron chi connectivity index (χ1n) is 12.2. The standard InChI is InChI=1S/C29H32N4O4/c1-20-6-3-10-24(14-20)29(36)33-13-12-32(26(34)17-21-7-5-11-25(16-21)37-2)28(33)27(35)31-19-23-9-4-8-22(15-23)18-30/h3-11,14-16,28H,12-13,17-19,30H2,1-2H3,(H,31,35). The Morgan fingerprint density at radius 1 is 0.919 bits per heavy atom. The van der Waals surface area contributed by atoms with Crippen molar-refractivity contribution in [2.75, 3.05) is 20.2 Å². The lowest BCUT2D eigenvalue weighted by Crippen LogP contribution is -2.54. The molecule has 0 saturated carbocycles. The van der Waals surface area contributed by atoms with Gasteiger partial charge in [0.15, 0.2) is 6.17 Å². The number of carbonyl (C=O) groups is 3. The second-order valence-corrected chi connectivity index (χ2v) is 9.10. The summed E-state index contributed by atoms with van der Waals surface area (Å²) in [5.41, 5.74) is 9.78. The van der Waals surface area contributed by atoms with E-state index in [0.717, 1.165) is 22.3 Å². The van der Waals surface area contributed by atoms with Crippen LogP contribution in [0, 0.1) is 6.92 Å². The second-order valence-electron chi connectivity index (χ2n) is 9.10. The highest BCUT2D eigenvalue weighted by Gasteiger charge is 2.42. The quantitative estimate of drug-likeness (QED) is 0.495. The molecule has 0 aromatic heterocycles. The number of benzene rings is 3. The third kappa shape index (κ3) is 6.16. The second kappa shape index (κ2) is 11.7. The minimum absolute atomic E-state index is 0.0893. The lowest BCUT2D eigenvalue weighted by Gasteiger charge is -2.29. The zero-order valence-corrected chi connectivity index (χ0v) is 21.1. The normalized spacial score (nSPS) is 14.9. The molecule has 3 amide bonds. The Hall–Kier alpha value is -4.17. The summed E-state index contributed by atoms with van der Waals surface area (Å²) in [6, 6.07) is 22.1. The minimum Gasteiger partial charge on any atom is -0.497 e. The first-order valence-corrected chi connectivity index (χ1v) is 12.2. The van der Waals surface area contributed by atoms with Crippen molar-refractivity contribution >= 4 is 17.7 Å². The highest BCUT2D eigenvalue weighted by Crippen LogP contribution is 2.22. The van der Waals surface area contributed by atoms with Gasteiger partial charge in [-0.15, -0.1) is 0 Å². The number of amides is 3. The number of ether oxygens (including phenoxy) is 1. The van der Waals surface area contributed by atoms with E-state index in [-0.39, 0.29) is 37.9 Å². The number of rotatable bonds is 8. The van der Waals surface area contributed by atoms with Crippen molar-refractivity contribution in [2.24, 2.45) is 5.73 Å². The third-order valence-electron chi connectivity index (χ3n) is 6.44. The van der Waals surface area contributed by atoms with E-state index in [9.17, 15) is 14.4 Å². The Balaban J connectivity index is 1.57. The van der Waals surface area contributed by atoms with Crippen molar-refractivity contribution in [3.63, 3.8) is 0 Å². The summed E-state index contributed by atoms with van der Waals surface area (Å²) in [6.45, 7) is 3.09. The summed E-state index contributed by atoms with van der Waals surface area (Å²) in [7, 11) is 1.57. The van der Waals surface area contributed by atoms with E-state index in [2.05, 4.69) is 5.32 Å². The summed E-state index contributed by atoms with van der Waals surface area (Å²) in [4.78, 5) is 43.3. The van der Waals surface area contributed by atoms with Crippen LogP contribution < -0.4 is 15.8 Å². The van der Waals surface area contributed by atoms with Gasteiger partial charge in [0.05, 0.1) is 13.5 Å². The molecule has 1 atom stereocenters. The number of nitrogens with one attached hydrogen (secondary N) is 1. The fraction of sp³-hybridized carbons (Fsp3) is 0.276. The molecule has 1 aliphatic rings. The van der Waals surface area contributed by atoms with Crippen molar-refractivity contribution < 1.29 is 19.1 Å². The van der Waals surface area contributed by atoms with Gasteiger partial charge in [0.1, 0.15) is 5.75 Å². The number of aryl methyl sites for hydroxylation is 1. The van der Waals surface area contributed by atoms with Crippen LogP contribution in [0.5, 0.6) is 5.75 Å². The van der Waals surface area contributed by atoms with Gasteiger partial charge in [-0.1, -0.05) is 54.1 Å². The molecule has 1 unspecified atom stereocenters. The number of carbonyl (C=O) groups excluding carboxylic acids is 3. The summed E-state index contributed by atoms with van der Waals surface area (Å²) in [6.07, 6.45) is -0.963. The Kier molecular flexibility index (Phi) is 8.20. The van der Waals surface area contributed by atoms with Crippen LogP contribution in [0.1, 0.15) is 32.6 Å². The summed E-state index contributed by atoms with van der Waals surface area (Å²) < 4.78 is 5.27. The van der Waals surface area contributed by atoms with Gasteiger partial charge in [-0.3, -0.25) is 14.4 Å². The van der Waals surface area contributed by atoms with Crippen molar-refractivity contribution in [3.05, 3.63) is 101 Å². The highest BCUT2D eigenvalue weighted by atomic mass is 16.5. The zero-order valence-electron chi connectivity index (χ0n) is 21.1. The molecule has 1 aliphatic heterocycles. The molecule has 0 spiro atoms. The SMILES string of the molecule is COc1cccc(CC(=O)N2CCN(C(=O)c3cccc(C)c3)C2C(=O)NCc2cccc(CN)c2)c1. The molecule has 3 N–H and O–H groups in total. The Morgan fingerprint density at radius 3 is 2.38 bits per heavy atom. The van der Waals surface area contributed by atoms with Crippen molar-refractivity contribution in [1.29, 1.82) is 0 Å². The molecule has 1 fully saturated rings. The van der Waals surface area contributed by atoms with E-state index in [0.29, 0.717) is 17.9 Å². The lowest BCUT2D eigenvalue weighted by molar-refractivity contribution is -0.141. The molecule has 37 heavy (non-hydrogen) atoms. The molecule has 3 aromatic rings. The molecule has 0 bridgehead atoms. The van der Waals surface area contributed by atoms with Gasteiger partial charge in [-0.2, -0.15) is 0 Å². The third-order valence-corrected chi connectivity index (χ3v) is 6.44. The molecular weight excluding hydrogens is 468 g/mol. The van der Waals surface area contributed by atoms with Crippen LogP contribution in [0.3, 0.4) is 0 Å². The van der Waals surface area contributed by atoms with Crippen LogP contribution in [0.25, 0.3) is 0 Å². The smallest absolute Gasteiger partial charge is 0.264 e. The van der Waals surface area contributed by atoms with Gasteiger partial charge in [0, 0.05) is 31.7 Å². The maximum Gasteiger partial charge on any atom is 0.264 e. The van der Waals surface area contributed by atoms with Gasteiger partial charge in [0.25, 0.3) is 11.8 Å². The van der Waals surface area contributed by atoms with E-state index in [1.807, 2.05) is 61.5 Å². The predicted octanol–water partition coefficient (Wildman–Crippen LogP) is 2.63. The van der Waals surface area contributed by atoms with Crippen LogP contribution in [0.2, 0.25) is 0 Å². The molecule has 0 radical (unpaired) electrons. The van der Waals surface area contributed by atoms with Gasteiger partial charge in [0.2, 0.25) is 5.91 Å². The Bertz CT molecular complexity index is 1290. The topological polar surface area (TPSA) is 105 Å². The van der Waals surface area contributed by atoms with Gasteiger partial charge in [-0.05, 0) is 47.9 Å². The fourth-order valence-corrected chi connectivity index (χ4v) is 4.53. The number of nitrogens with two attached hydrogens (primary N) is 1. The minimum atomic E-state index is -1.05. The molecule has 0 aliphatic carbocycles. The fourth-order valence-electron chi connectivity index (χ4n) is 4.53. The Morgan fingerprint density at radius 2 is 1.62 bits per heavy atom. The first-order chi connectivity index (χ1) is 17.9. The van der Waals surface area contributed by atoms with E-state index >= 15 is 0 Å². The molecule has 1 heterocycles. The van der Waals surface area contributed by atoms with E-state index in [4.69, 9.17) is 10.5 Å². The number of hydrogen-bond donors (Lipinski definition) is 2. The van der Waals surface area contributed by atoms with Crippen LogP contribution >= 0.6 is 0 Å². The molecule has 192 valence electrons. The molecule has 8 nitrogen and oxygen atoms in total. The van der Waals surface area contributed by atoms with E-state index in [1.54, 1.807) is 25.3 Å². The van der Waals surface area contributed by atoms with Crippen LogP contribution in [0.4, 0.5) is 0 Å². The summed E-state index contributed by atoms with van der Waals surface area (Å²) in [5.74, 6) is -0.281. The average Bonchev–Trinajstić information content (AvgIpc) is 3.37. The number of nitrogens with zero attached hydrogens (tertiary/aromatic N) is 2. The highest BCUT2D eigenvalue weighted by molar-refractivity contribution is 5.99. The lowest BCUT2D eigenvalue weighted by atomic mass is 10.1. The monoisotopic (exact) mass is 500 g/mol. The van der Waals surface area contributed by atoms with E-state index in [1.165, 1.54) is 9.80 Å². The predicted molar refractivity (Wildman–Crippen MR) is 141 cm³/mol. The maximum absolute atomic E-state index is 13.5. The van der Waals surface area contributed by atoms with Crippen LogP contribution in [-0.4, -0.2) is 53.9 Å². The summed E-state index contributed by atoms with van der Waals surface area (Å²) >= 11 is 0.